The summed E-state index contributed by atoms with van der Waals surface area (Å²) in [6, 6.07) is 0. The number of ether oxygens (including phenoxy) is 6. The summed E-state index contributed by atoms with van der Waals surface area (Å²) in [7, 11) is 0. The average molecular weight is 463 g/mol. The highest BCUT2D eigenvalue weighted by Crippen LogP contribution is 2.10. The molecule has 0 heterocycles. The molecule has 6 heteroatoms. The Morgan fingerprint density at radius 1 is 0.250 bits per heavy atom. The first-order chi connectivity index (χ1) is 15.9. The quantitative estimate of drug-likeness (QED) is 0.131. The summed E-state index contributed by atoms with van der Waals surface area (Å²) in [6.45, 7) is 12.2. The lowest BCUT2D eigenvalue weighted by Crippen LogP contribution is -2.14. The van der Waals surface area contributed by atoms with Crippen molar-refractivity contribution in [2.24, 2.45) is 0 Å². The zero-order chi connectivity index (χ0) is 23.2. The molecule has 0 spiro atoms. The Hall–Kier alpha value is -0.240. The monoisotopic (exact) mass is 462 g/mol. The van der Waals surface area contributed by atoms with E-state index in [1.165, 1.54) is 57.8 Å². The van der Waals surface area contributed by atoms with Crippen molar-refractivity contribution in [3.63, 3.8) is 0 Å². The molecule has 0 bridgehead atoms. The van der Waals surface area contributed by atoms with E-state index in [1.54, 1.807) is 0 Å². The van der Waals surface area contributed by atoms with Crippen LogP contribution in [0.25, 0.3) is 0 Å². The summed E-state index contributed by atoms with van der Waals surface area (Å²) >= 11 is 0. The van der Waals surface area contributed by atoms with Crippen LogP contribution in [0.3, 0.4) is 0 Å². The van der Waals surface area contributed by atoms with Crippen molar-refractivity contribution < 1.29 is 28.4 Å². The van der Waals surface area contributed by atoms with Crippen LogP contribution in [-0.2, 0) is 28.4 Å². The van der Waals surface area contributed by atoms with Crippen molar-refractivity contribution in [3.8, 4) is 0 Å². The molecular weight excluding hydrogens is 408 g/mol. The van der Waals surface area contributed by atoms with Crippen molar-refractivity contribution >= 4 is 0 Å². The van der Waals surface area contributed by atoms with E-state index in [2.05, 4.69) is 13.8 Å². The third kappa shape index (κ3) is 29.8. The predicted octanol–water partition coefficient (Wildman–Crippen LogP) is 5.81. The predicted molar refractivity (Wildman–Crippen MR) is 132 cm³/mol. The Morgan fingerprint density at radius 3 is 0.844 bits per heavy atom. The Bertz CT molecular complexity index is 287. The first kappa shape index (κ1) is 31.8. The van der Waals surface area contributed by atoms with E-state index in [4.69, 9.17) is 28.4 Å². The van der Waals surface area contributed by atoms with Gasteiger partial charge in [0, 0.05) is 13.2 Å². The lowest BCUT2D eigenvalue weighted by molar-refractivity contribution is -0.0169. The molecule has 0 saturated heterocycles. The number of hydrogen-bond donors (Lipinski definition) is 0. The third-order valence-corrected chi connectivity index (χ3v) is 5.14. The van der Waals surface area contributed by atoms with E-state index in [-0.39, 0.29) is 0 Å². The van der Waals surface area contributed by atoms with Crippen LogP contribution in [0.5, 0.6) is 0 Å². The van der Waals surface area contributed by atoms with Crippen LogP contribution in [0.4, 0.5) is 0 Å². The molecular formula is C26H54O6. The lowest BCUT2D eigenvalue weighted by Gasteiger charge is -2.08. The minimum absolute atomic E-state index is 0.582. The first-order valence-corrected chi connectivity index (χ1v) is 13.4. The molecule has 0 aliphatic rings. The highest BCUT2D eigenvalue weighted by Gasteiger charge is 1.95. The van der Waals surface area contributed by atoms with Crippen LogP contribution in [0, 0.1) is 0 Å². The van der Waals surface area contributed by atoms with E-state index in [1.807, 2.05) is 0 Å². The van der Waals surface area contributed by atoms with Gasteiger partial charge in [0.05, 0.1) is 66.1 Å². The Labute approximate surface area is 199 Å². The lowest BCUT2D eigenvalue weighted by atomic mass is 10.1. The van der Waals surface area contributed by atoms with Crippen molar-refractivity contribution in [1.82, 2.24) is 0 Å². The molecule has 0 aromatic rings. The molecule has 0 amide bonds. The highest BCUT2D eigenvalue weighted by molar-refractivity contribution is 4.47. The zero-order valence-corrected chi connectivity index (χ0v) is 21.4. The molecule has 0 saturated carbocycles. The summed E-state index contributed by atoms with van der Waals surface area (Å²) in [6.07, 6.45) is 15.8. The SMILES string of the molecule is CCCCCCCCCCCCOCCOCCOCCOCCOCCOCCCC. The van der Waals surface area contributed by atoms with E-state index in [9.17, 15) is 0 Å². The molecule has 0 atom stereocenters. The van der Waals surface area contributed by atoms with Crippen molar-refractivity contribution in [3.05, 3.63) is 0 Å². The minimum atomic E-state index is 0.582. The summed E-state index contributed by atoms with van der Waals surface area (Å²) in [4.78, 5) is 0. The molecule has 0 aliphatic carbocycles. The van der Waals surface area contributed by atoms with E-state index < -0.39 is 0 Å². The zero-order valence-electron chi connectivity index (χ0n) is 21.4. The molecule has 6 nitrogen and oxygen atoms in total. The standard InChI is InChI=1S/C26H54O6/c1-3-5-7-8-9-10-11-12-13-14-16-28-18-20-30-22-24-32-26-25-31-23-21-29-19-17-27-15-6-4-2/h3-26H2,1-2H3. The average Bonchev–Trinajstić information content (AvgIpc) is 2.81. The van der Waals surface area contributed by atoms with Gasteiger partial charge in [-0.15, -0.1) is 0 Å². The maximum atomic E-state index is 5.62. The van der Waals surface area contributed by atoms with Crippen LogP contribution in [0.2, 0.25) is 0 Å². The van der Waals surface area contributed by atoms with Gasteiger partial charge in [-0.25, -0.2) is 0 Å². The fourth-order valence-electron chi connectivity index (χ4n) is 3.14. The molecule has 0 fully saturated rings. The molecule has 0 rings (SSSR count). The second-order valence-electron chi connectivity index (χ2n) is 8.21. The number of rotatable bonds is 29. The highest BCUT2D eigenvalue weighted by atomic mass is 16.6. The molecule has 194 valence electrons. The van der Waals surface area contributed by atoms with Crippen LogP contribution < -0.4 is 0 Å². The molecule has 0 unspecified atom stereocenters. The van der Waals surface area contributed by atoms with Gasteiger partial charge in [0.25, 0.3) is 0 Å². The van der Waals surface area contributed by atoms with E-state index in [0.29, 0.717) is 66.1 Å². The van der Waals surface area contributed by atoms with E-state index >= 15 is 0 Å². The summed E-state index contributed by atoms with van der Waals surface area (Å²) < 4.78 is 32.9. The summed E-state index contributed by atoms with van der Waals surface area (Å²) in [5.41, 5.74) is 0. The van der Waals surface area contributed by atoms with Crippen molar-refractivity contribution in [2.75, 3.05) is 79.3 Å². The minimum Gasteiger partial charge on any atom is -0.379 e. The van der Waals surface area contributed by atoms with Gasteiger partial charge in [-0.3, -0.25) is 0 Å². The normalized spacial score (nSPS) is 11.4. The van der Waals surface area contributed by atoms with Crippen molar-refractivity contribution in [1.29, 1.82) is 0 Å². The van der Waals surface area contributed by atoms with Crippen LogP contribution in [0.15, 0.2) is 0 Å². The molecule has 0 aromatic heterocycles. The van der Waals surface area contributed by atoms with Gasteiger partial charge in [0.15, 0.2) is 0 Å². The van der Waals surface area contributed by atoms with Gasteiger partial charge >= 0.3 is 0 Å². The molecule has 0 radical (unpaired) electrons. The van der Waals surface area contributed by atoms with Gasteiger partial charge in [0.2, 0.25) is 0 Å². The van der Waals surface area contributed by atoms with Crippen LogP contribution >= 0.6 is 0 Å². The van der Waals surface area contributed by atoms with Crippen molar-refractivity contribution in [2.45, 2.75) is 90.9 Å². The van der Waals surface area contributed by atoms with E-state index in [0.717, 1.165) is 32.5 Å². The summed E-state index contributed by atoms with van der Waals surface area (Å²) in [5, 5.41) is 0. The molecule has 0 N–H and O–H groups in total. The Morgan fingerprint density at radius 2 is 0.500 bits per heavy atom. The smallest absolute Gasteiger partial charge is 0.0701 e. The number of hydrogen-bond acceptors (Lipinski definition) is 6. The first-order valence-electron chi connectivity index (χ1n) is 13.4. The topological polar surface area (TPSA) is 55.4 Å². The fraction of sp³-hybridized carbons (Fsp3) is 1.00. The second-order valence-corrected chi connectivity index (χ2v) is 8.21. The molecule has 32 heavy (non-hydrogen) atoms. The number of unbranched alkanes of at least 4 members (excludes halogenated alkanes) is 10. The van der Waals surface area contributed by atoms with Gasteiger partial charge in [-0.1, -0.05) is 78.1 Å². The van der Waals surface area contributed by atoms with Crippen LogP contribution in [0.1, 0.15) is 90.9 Å². The van der Waals surface area contributed by atoms with Crippen LogP contribution in [-0.4, -0.2) is 79.3 Å². The maximum Gasteiger partial charge on any atom is 0.0701 e. The van der Waals surface area contributed by atoms with Gasteiger partial charge < -0.3 is 28.4 Å². The Balaban J connectivity index is 2.98. The summed E-state index contributed by atoms with van der Waals surface area (Å²) in [5.74, 6) is 0. The van der Waals surface area contributed by atoms with Gasteiger partial charge in [0.1, 0.15) is 0 Å². The molecule has 0 aliphatic heterocycles. The second kappa shape index (κ2) is 30.8. The Kier molecular flexibility index (Phi) is 30.5. The van der Waals surface area contributed by atoms with Gasteiger partial charge in [-0.05, 0) is 12.8 Å². The molecule has 0 aromatic carbocycles. The third-order valence-electron chi connectivity index (χ3n) is 5.14. The maximum absolute atomic E-state index is 5.62. The largest absolute Gasteiger partial charge is 0.379 e. The fourth-order valence-corrected chi connectivity index (χ4v) is 3.14. The van der Waals surface area contributed by atoms with Gasteiger partial charge in [-0.2, -0.15) is 0 Å².